The van der Waals surface area contributed by atoms with Crippen molar-refractivity contribution in [2.24, 2.45) is 0 Å². The van der Waals surface area contributed by atoms with E-state index in [4.69, 9.17) is 4.89 Å². The third kappa shape index (κ3) is 3.82. The van der Waals surface area contributed by atoms with Crippen molar-refractivity contribution in [1.82, 2.24) is 0 Å². The fraction of sp³-hybridized carbons (Fsp3) is 0.250. The zero-order chi connectivity index (χ0) is 7.44. The van der Waals surface area contributed by atoms with Crippen LogP contribution in [0.15, 0.2) is 12.2 Å². The molecule has 0 heterocycles. The lowest BCUT2D eigenvalue weighted by atomic mass is 10.4. The van der Waals surface area contributed by atoms with Crippen molar-refractivity contribution in [3.8, 4) is 0 Å². The molecule has 51 valence electrons. The molecule has 0 aromatic heterocycles. The van der Waals surface area contributed by atoms with E-state index in [1.165, 1.54) is 6.92 Å². The first-order valence-electron chi connectivity index (χ1n) is 2.08. The summed E-state index contributed by atoms with van der Waals surface area (Å²) in [5.74, 6) is -0.849. The van der Waals surface area contributed by atoms with Crippen molar-refractivity contribution in [2.75, 3.05) is 0 Å². The Labute approximate surface area is 53.1 Å². The monoisotopic (exact) mass is 149 g/mol. The largest absolute Gasteiger partial charge is 0.428 e. The van der Waals surface area contributed by atoms with E-state index in [1.807, 2.05) is 0 Å². The Bertz CT molecular complexity index is 162. The van der Waals surface area contributed by atoms with E-state index in [0.29, 0.717) is 0 Å². The van der Waals surface area contributed by atoms with Crippen molar-refractivity contribution in [2.45, 2.75) is 6.92 Å². The zero-order valence-electron chi connectivity index (χ0n) is 4.83. The summed E-state index contributed by atoms with van der Waals surface area (Å²) in [7, 11) is -2.83. The van der Waals surface area contributed by atoms with Gasteiger partial charge in [-0.1, -0.05) is 6.58 Å². The molecule has 0 rings (SSSR count). The average molecular weight is 149 g/mol. The number of carbonyl (C=O) groups is 1. The van der Waals surface area contributed by atoms with E-state index in [0.717, 1.165) is 0 Å². The van der Waals surface area contributed by atoms with E-state index in [2.05, 4.69) is 11.1 Å². The average Bonchev–Trinajstić information content (AvgIpc) is 1.63. The van der Waals surface area contributed by atoms with Gasteiger partial charge in [-0.3, -0.25) is 4.89 Å². The minimum Gasteiger partial charge on any atom is -0.359 e. The second-order valence-corrected chi connectivity index (χ2v) is 2.06. The Kier molecular flexibility index (Phi) is 3.06. The molecule has 0 amide bonds. The first-order chi connectivity index (χ1) is 4.04. The SMILES string of the molecule is C=C(C)C(=O)O[P](=O)O. The van der Waals surface area contributed by atoms with Gasteiger partial charge < -0.3 is 4.52 Å². The molecule has 1 atom stereocenters. The predicted octanol–water partition coefficient (Wildman–Crippen LogP) is 0.755. The highest BCUT2D eigenvalue weighted by atomic mass is 31.1. The van der Waals surface area contributed by atoms with Crippen molar-refractivity contribution < 1.29 is 18.8 Å². The van der Waals surface area contributed by atoms with E-state index < -0.39 is 14.2 Å². The maximum atomic E-state index is 10.3. The van der Waals surface area contributed by atoms with Crippen LogP contribution in [-0.2, 0) is 13.9 Å². The Morgan fingerprint density at radius 3 is 2.33 bits per heavy atom. The van der Waals surface area contributed by atoms with Gasteiger partial charge in [0.25, 0.3) is 0 Å². The lowest BCUT2D eigenvalue weighted by Gasteiger charge is -1.93. The molecule has 0 spiro atoms. The molecule has 0 saturated carbocycles. The van der Waals surface area contributed by atoms with Crippen molar-refractivity contribution in [3.05, 3.63) is 12.2 Å². The molecule has 0 fully saturated rings. The summed E-state index contributed by atoms with van der Waals surface area (Å²) < 4.78 is 13.6. The molecule has 4 nitrogen and oxygen atoms in total. The first kappa shape index (κ1) is 8.27. The summed E-state index contributed by atoms with van der Waals surface area (Å²) in [4.78, 5) is 18.3. The van der Waals surface area contributed by atoms with Gasteiger partial charge in [0.15, 0.2) is 0 Å². The molecule has 0 aromatic carbocycles. The van der Waals surface area contributed by atoms with Crippen LogP contribution in [0.1, 0.15) is 6.92 Å². The normalized spacial score (nSPS) is 10.2. The maximum Gasteiger partial charge on any atom is 0.428 e. The fourth-order valence-corrected chi connectivity index (χ4v) is 0.447. The molecule has 1 unspecified atom stereocenters. The van der Waals surface area contributed by atoms with E-state index in [-0.39, 0.29) is 5.57 Å². The van der Waals surface area contributed by atoms with Gasteiger partial charge in [-0.25, -0.2) is 9.36 Å². The highest BCUT2D eigenvalue weighted by Gasteiger charge is 2.05. The lowest BCUT2D eigenvalue weighted by Crippen LogP contribution is -1.97. The Morgan fingerprint density at radius 1 is 1.78 bits per heavy atom. The quantitative estimate of drug-likeness (QED) is 0.464. The van der Waals surface area contributed by atoms with Crippen LogP contribution in [0.25, 0.3) is 0 Å². The summed E-state index contributed by atoms with van der Waals surface area (Å²) in [6.07, 6.45) is 0. The smallest absolute Gasteiger partial charge is 0.359 e. The standard InChI is InChI=1S/C4H6O4P/c1-3(2)4(5)8-9(6)7/h1H2,2H3,(H,6,7). The Balaban J connectivity index is 3.79. The van der Waals surface area contributed by atoms with Gasteiger partial charge in [-0.05, 0) is 6.92 Å². The minimum absolute atomic E-state index is 0.104. The number of rotatable bonds is 2. The highest BCUT2D eigenvalue weighted by Crippen LogP contribution is 2.16. The summed E-state index contributed by atoms with van der Waals surface area (Å²) >= 11 is 0. The van der Waals surface area contributed by atoms with Gasteiger partial charge in [0.1, 0.15) is 0 Å². The van der Waals surface area contributed by atoms with Crippen LogP contribution in [-0.4, -0.2) is 10.9 Å². The number of hydrogen-bond acceptors (Lipinski definition) is 3. The van der Waals surface area contributed by atoms with Crippen LogP contribution in [0.5, 0.6) is 0 Å². The van der Waals surface area contributed by atoms with Gasteiger partial charge in [0, 0.05) is 5.57 Å². The van der Waals surface area contributed by atoms with Crippen LogP contribution in [0, 0.1) is 0 Å². The van der Waals surface area contributed by atoms with E-state index >= 15 is 0 Å². The molecule has 0 saturated heterocycles. The van der Waals surface area contributed by atoms with Gasteiger partial charge in [-0.15, -0.1) is 0 Å². The molecule has 9 heavy (non-hydrogen) atoms. The molecule has 0 aromatic rings. The summed E-state index contributed by atoms with van der Waals surface area (Å²) in [5, 5.41) is 0. The van der Waals surface area contributed by atoms with E-state index in [9.17, 15) is 9.36 Å². The first-order valence-corrected chi connectivity index (χ1v) is 3.21. The van der Waals surface area contributed by atoms with Crippen molar-refractivity contribution >= 4 is 14.2 Å². The van der Waals surface area contributed by atoms with Crippen molar-refractivity contribution in [1.29, 1.82) is 0 Å². The van der Waals surface area contributed by atoms with Crippen LogP contribution >= 0.6 is 8.25 Å². The third-order valence-electron chi connectivity index (χ3n) is 0.509. The van der Waals surface area contributed by atoms with Crippen LogP contribution in [0.2, 0.25) is 0 Å². The fourth-order valence-electron chi connectivity index (χ4n) is 0.149. The molecule has 5 heteroatoms. The molecule has 0 aliphatic carbocycles. The zero-order valence-corrected chi connectivity index (χ0v) is 5.72. The number of hydrogen-bond donors (Lipinski definition) is 1. The Morgan fingerprint density at radius 2 is 2.22 bits per heavy atom. The summed E-state index contributed by atoms with van der Waals surface area (Å²) in [6.45, 7) is 4.58. The molecule has 1 radical (unpaired) electrons. The van der Waals surface area contributed by atoms with E-state index in [1.54, 1.807) is 0 Å². The second kappa shape index (κ2) is 3.33. The van der Waals surface area contributed by atoms with Crippen LogP contribution in [0.3, 0.4) is 0 Å². The maximum absolute atomic E-state index is 10.3. The molecule has 0 aliphatic rings. The summed E-state index contributed by atoms with van der Waals surface area (Å²) in [5.41, 5.74) is 0.104. The highest BCUT2D eigenvalue weighted by molar-refractivity contribution is 7.32. The molecule has 1 N–H and O–H groups in total. The third-order valence-corrected chi connectivity index (χ3v) is 0.831. The minimum atomic E-state index is -2.83. The predicted molar refractivity (Wildman–Crippen MR) is 30.7 cm³/mol. The van der Waals surface area contributed by atoms with Gasteiger partial charge in [0.2, 0.25) is 0 Å². The molecular weight excluding hydrogens is 143 g/mol. The van der Waals surface area contributed by atoms with Gasteiger partial charge in [0.05, 0.1) is 0 Å². The lowest BCUT2D eigenvalue weighted by molar-refractivity contribution is -0.130. The number of carbonyl (C=O) groups excluding carboxylic acids is 1. The molecule has 0 aliphatic heterocycles. The van der Waals surface area contributed by atoms with Crippen LogP contribution in [0.4, 0.5) is 0 Å². The molecule has 0 bridgehead atoms. The van der Waals surface area contributed by atoms with Crippen LogP contribution < -0.4 is 0 Å². The Hall–Kier alpha value is -0.730. The topological polar surface area (TPSA) is 63.6 Å². The summed E-state index contributed by atoms with van der Waals surface area (Å²) in [6, 6.07) is 0. The molecular formula is C4H6O4P. The van der Waals surface area contributed by atoms with Crippen molar-refractivity contribution in [3.63, 3.8) is 0 Å². The van der Waals surface area contributed by atoms with Gasteiger partial charge in [-0.2, -0.15) is 0 Å². The second-order valence-electron chi connectivity index (χ2n) is 1.40. The van der Waals surface area contributed by atoms with Gasteiger partial charge >= 0.3 is 14.2 Å².